The summed E-state index contributed by atoms with van der Waals surface area (Å²) in [7, 11) is 3.37. The van der Waals surface area contributed by atoms with Gasteiger partial charge in [0.25, 0.3) is 5.91 Å². The second-order valence-corrected chi connectivity index (χ2v) is 4.83. The van der Waals surface area contributed by atoms with Gasteiger partial charge >= 0.3 is 0 Å². The first-order chi connectivity index (χ1) is 10.5. The van der Waals surface area contributed by atoms with Crippen molar-refractivity contribution in [2.45, 2.75) is 19.5 Å². The maximum Gasteiger partial charge on any atom is 0.255 e. The molecule has 4 N–H and O–H groups in total. The average molecular weight is 308 g/mol. The second-order valence-electron chi connectivity index (χ2n) is 4.83. The number of hydrogen-bond donors (Lipinski definition) is 3. The minimum Gasteiger partial charge on any atom is -0.484 e. The zero-order chi connectivity index (χ0) is 16.4. The molecule has 1 aromatic carbocycles. The third-order valence-corrected chi connectivity index (χ3v) is 2.76. The van der Waals surface area contributed by atoms with E-state index >= 15 is 0 Å². The van der Waals surface area contributed by atoms with Crippen LogP contribution in [-0.4, -0.2) is 45.3 Å². The molecule has 0 spiro atoms. The Balaban J connectivity index is 2.52. The van der Waals surface area contributed by atoms with Crippen molar-refractivity contribution in [1.29, 1.82) is 0 Å². The van der Waals surface area contributed by atoms with Gasteiger partial charge in [0.05, 0.1) is 6.61 Å². The van der Waals surface area contributed by atoms with Crippen LogP contribution in [0.5, 0.6) is 5.75 Å². The molecule has 0 aromatic heterocycles. The normalized spacial score (nSPS) is 12.6. The van der Waals surface area contributed by atoms with Gasteiger partial charge in [-0.15, -0.1) is 0 Å². The summed E-state index contributed by atoms with van der Waals surface area (Å²) in [5, 5.41) is 6.42. The lowest BCUT2D eigenvalue weighted by Crippen LogP contribution is -2.43. The molecule has 0 aliphatic heterocycles. The fourth-order valence-corrected chi connectivity index (χ4v) is 1.81. The summed E-state index contributed by atoms with van der Waals surface area (Å²) in [5.41, 5.74) is 6.06. The number of rotatable bonds is 8. The predicted molar refractivity (Wildman–Crippen MR) is 85.8 cm³/mol. The quantitative estimate of drug-likeness (QED) is 0.472. The number of nitrogens with one attached hydrogen (secondary N) is 2. The van der Waals surface area contributed by atoms with Crippen LogP contribution >= 0.6 is 0 Å². The number of benzene rings is 1. The Hall–Kier alpha value is -2.28. The summed E-state index contributed by atoms with van der Waals surface area (Å²) < 4.78 is 10.3. The van der Waals surface area contributed by atoms with E-state index in [1.54, 1.807) is 20.2 Å². The molecule has 1 unspecified atom stereocenters. The van der Waals surface area contributed by atoms with E-state index in [0.717, 1.165) is 5.56 Å². The van der Waals surface area contributed by atoms with Gasteiger partial charge in [-0.3, -0.25) is 9.79 Å². The number of carbonyl (C=O) groups excluding carboxylic acids is 1. The van der Waals surface area contributed by atoms with E-state index in [0.29, 0.717) is 24.9 Å². The lowest BCUT2D eigenvalue weighted by molar-refractivity contribution is -0.119. The van der Waals surface area contributed by atoms with E-state index in [1.165, 1.54) is 0 Å². The second kappa shape index (κ2) is 9.62. The Morgan fingerprint density at radius 3 is 2.86 bits per heavy atom. The molecule has 0 heterocycles. The molecule has 122 valence electrons. The number of guanidine groups is 1. The molecule has 1 amide bonds. The van der Waals surface area contributed by atoms with Gasteiger partial charge in [0, 0.05) is 26.7 Å². The highest BCUT2D eigenvalue weighted by Gasteiger charge is 2.05. The van der Waals surface area contributed by atoms with Gasteiger partial charge < -0.3 is 25.8 Å². The van der Waals surface area contributed by atoms with Crippen LogP contribution in [0.3, 0.4) is 0 Å². The number of primary amides is 1. The Labute approximate surface area is 130 Å². The van der Waals surface area contributed by atoms with Crippen molar-refractivity contribution < 1.29 is 14.3 Å². The minimum atomic E-state index is -0.500. The molecule has 0 radical (unpaired) electrons. The van der Waals surface area contributed by atoms with E-state index in [4.69, 9.17) is 15.2 Å². The van der Waals surface area contributed by atoms with E-state index in [1.807, 2.05) is 25.1 Å². The zero-order valence-electron chi connectivity index (χ0n) is 13.3. The summed E-state index contributed by atoms with van der Waals surface area (Å²) in [6, 6.07) is 7.59. The van der Waals surface area contributed by atoms with Crippen LogP contribution in [-0.2, 0) is 16.1 Å². The Bertz CT molecular complexity index is 505. The SMILES string of the molecule is CN=C(NCc1cccc(OCC(N)=O)c1)NC(C)COC. The van der Waals surface area contributed by atoms with Crippen LogP contribution in [0.1, 0.15) is 12.5 Å². The largest absolute Gasteiger partial charge is 0.484 e. The summed E-state index contributed by atoms with van der Waals surface area (Å²) >= 11 is 0. The lowest BCUT2D eigenvalue weighted by Gasteiger charge is -2.17. The first-order valence-corrected chi connectivity index (χ1v) is 7.01. The molecule has 0 saturated carbocycles. The number of aliphatic imine (C=N–C) groups is 1. The molecule has 1 rings (SSSR count). The Morgan fingerprint density at radius 2 is 2.23 bits per heavy atom. The molecule has 0 saturated heterocycles. The minimum absolute atomic E-state index is 0.130. The van der Waals surface area contributed by atoms with Crippen LogP contribution in [0.4, 0.5) is 0 Å². The highest BCUT2D eigenvalue weighted by atomic mass is 16.5. The molecular formula is C15H24N4O3. The maximum atomic E-state index is 10.7. The molecule has 7 heteroatoms. The fourth-order valence-electron chi connectivity index (χ4n) is 1.81. The maximum absolute atomic E-state index is 10.7. The number of methoxy groups -OCH3 is 1. The van der Waals surface area contributed by atoms with Crippen molar-refractivity contribution >= 4 is 11.9 Å². The molecule has 7 nitrogen and oxygen atoms in total. The highest BCUT2D eigenvalue weighted by Crippen LogP contribution is 2.12. The molecule has 0 fully saturated rings. The van der Waals surface area contributed by atoms with E-state index in [2.05, 4.69) is 15.6 Å². The molecular weight excluding hydrogens is 284 g/mol. The number of ether oxygens (including phenoxy) is 2. The smallest absolute Gasteiger partial charge is 0.255 e. The van der Waals surface area contributed by atoms with Crippen molar-refractivity contribution in [2.24, 2.45) is 10.7 Å². The summed E-state index contributed by atoms with van der Waals surface area (Å²) in [6.45, 7) is 3.05. The zero-order valence-corrected chi connectivity index (χ0v) is 13.3. The van der Waals surface area contributed by atoms with Crippen LogP contribution in [0, 0.1) is 0 Å². The first kappa shape index (κ1) is 17.8. The van der Waals surface area contributed by atoms with Gasteiger partial charge in [-0.1, -0.05) is 12.1 Å². The third kappa shape index (κ3) is 6.94. The Morgan fingerprint density at radius 1 is 1.45 bits per heavy atom. The summed E-state index contributed by atoms with van der Waals surface area (Å²) in [6.07, 6.45) is 0. The first-order valence-electron chi connectivity index (χ1n) is 7.01. The van der Waals surface area contributed by atoms with Crippen LogP contribution < -0.4 is 21.1 Å². The van der Waals surface area contributed by atoms with Gasteiger partial charge in [0.15, 0.2) is 12.6 Å². The number of hydrogen-bond acceptors (Lipinski definition) is 4. The molecule has 0 aliphatic rings. The number of amides is 1. The van der Waals surface area contributed by atoms with Crippen molar-refractivity contribution in [2.75, 3.05) is 27.4 Å². The van der Waals surface area contributed by atoms with Crippen LogP contribution in [0.25, 0.3) is 0 Å². The molecule has 0 aliphatic carbocycles. The van der Waals surface area contributed by atoms with Crippen molar-refractivity contribution in [3.63, 3.8) is 0 Å². The average Bonchev–Trinajstić information content (AvgIpc) is 2.50. The van der Waals surface area contributed by atoms with Gasteiger partial charge in [0.1, 0.15) is 5.75 Å². The molecule has 1 atom stereocenters. The molecule has 22 heavy (non-hydrogen) atoms. The third-order valence-electron chi connectivity index (χ3n) is 2.76. The van der Waals surface area contributed by atoms with Crippen molar-refractivity contribution in [3.05, 3.63) is 29.8 Å². The summed E-state index contributed by atoms with van der Waals surface area (Å²) in [5.74, 6) is 0.794. The topological polar surface area (TPSA) is 98.0 Å². The Kier molecular flexibility index (Phi) is 7.77. The van der Waals surface area contributed by atoms with Crippen LogP contribution in [0.2, 0.25) is 0 Å². The molecule has 0 bridgehead atoms. The number of nitrogens with two attached hydrogens (primary N) is 1. The molecule has 1 aromatic rings. The highest BCUT2D eigenvalue weighted by molar-refractivity contribution is 5.79. The van der Waals surface area contributed by atoms with E-state index in [9.17, 15) is 4.79 Å². The lowest BCUT2D eigenvalue weighted by atomic mass is 10.2. The van der Waals surface area contributed by atoms with Gasteiger partial charge in [-0.25, -0.2) is 0 Å². The van der Waals surface area contributed by atoms with Crippen LogP contribution in [0.15, 0.2) is 29.3 Å². The van der Waals surface area contributed by atoms with Gasteiger partial charge in [0.2, 0.25) is 0 Å². The predicted octanol–water partition coefficient (Wildman–Crippen LogP) is 0.251. The monoisotopic (exact) mass is 308 g/mol. The van der Waals surface area contributed by atoms with Crippen molar-refractivity contribution in [3.8, 4) is 5.75 Å². The van der Waals surface area contributed by atoms with E-state index < -0.39 is 5.91 Å². The standard InChI is InChI=1S/C15H24N4O3/c1-11(9-21-3)19-15(17-2)18-8-12-5-4-6-13(7-12)22-10-14(16)20/h4-7,11H,8-10H2,1-3H3,(H2,16,20)(H2,17,18,19). The number of nitrogens with zero attached hydrogens (tertiary/aromatic N) is 1. The summed E-state index contributed by atoms with van der Waals surface area (Å²) in [4.78, 5) is 14.9. The number of carbonyl (C=O) groups is 1. The van der Waals surface area contributed by atoms with Gasteiger partial charge in [-0.05, 0) is 24.6 Å². The van der Waals surface area contributed by atoms with Gasteiger partial charge in [-0.2, -0.15) is 0 Å². The fraction of sp³-hybridized carbons (Fsp3) is 0.467. The van der Waals surface area contributed by atoms with E-state index in [-0.39, 0.29) is 12.6 Å². The van der Waals surface area contributed by atoms with Crippen molar-refractivity contribution in [1.82, 2.24) is 10.6 Å².